The van der Waals surface area contributed by atoms with E-state index >= 15 is 0 Å². The second kappa shape index (κ2) is 4.63. The third-order valence-corrected chi connectivity index (χ3v) is 3.88. The van der Waals surface area contributed by atoms with Gasteiger partial charge in [0.25, 0.3) is 0 Å². The Labute approximate surface area is 118 Å². The number of nitriles is 1. The number of hydrogen-bond donors (Lipinski definition) is 2. The number of aryl methyl sites for hydroxylation is 1. The monoisotopic (exact) mass is 280 g/mol. The molecule has 1 atom stereocenters. The largest absolute Gasteiger partial charge is 0.397 e. The van der Waals surface area contributed by atoms with E-state index in [4.69, 9.17) is 5.73 Å². The molecular formula is C15H13N4P. The predicted octanol–water partition coefficient (Wildman–Crippen LogP) is 2.49. The van der Waals surface area contributed by atoms with Crippen LogP contribution in [0.25, 0.3) is 22.2 Å². The van der Waals surface area contributed by atoms with E-state index in [-0.39, 0.29) is 0 Å². The van der Waals surface area contributed by atoms with Gasteiger partial charge in [0.2, 0.25) is 0 Å². The number of aromatic nitrogens is 2. The Bertz CT molecular complexity index is 858. The molecule has 3 aromatic rings. The lowest BCUT2D eigenvalue weighted by atomic mass is 10.1. The summed E-state index contributed by atoms with van der Waals surface area (Å²) < 4.78 is 0. The molecular weight excluding hydrogens is 267 g/mol. The van der Waals surface area contributed by atoms with Crippen LogP contribution in [0, 0.1) is 18.3 Å². The number of pyridine rings is 1. The molecule has 20 heavy (non-hydrogen) atoms. The summed E-state index contributed by atoms with van der Waals surface area (Å²) in [6.07, 6.45) is 1.88. The summed E-state index contributed by atoms with van der Waals surface area (Å²) in [4.78, 5) is 7.68. The van der Waals surface area contributed by atoms with Crippen molar-refractivity contribution in [1.82, 2.24) is 9.97 Å². The normalized spacial score (nSPS) is 10.7. The number of benzene rings is 1. The van der Waals surface area contributed by atoms with Gasteiger partial charge >= 0.3 is 0 Å². The van der Waals surface area contributed by atoms with Crippen LogP contribution < -0.4 is 11.0 Å². The summed E-state index contributed by atoms with van der Waals surface area (Å²) in [5.74, 6) is 0. The summed E-state index contributed by atoms with van der Waals surface area (Å²) in [6, 6.07) is 9.90. The van der Waals surface area contributed by atoms with Crippen LogP contribution in [0.15, 0.2) is 30.5 Å². The number of anilines is 1. The minimum Gasteiger partial charge on any atom is -0.397 e. The van der Waals surface area contributed by atoms with Gasteiger partial charge in [0.05, 0.1) is 28.2 Å². The number of rotatable bonds is 1. The van der Waals surface area contributed by atoms with E-state index in [2.05, 4.69) is 25.3 Å². The number of fused-ring (bicyclic) bond motifs is 1. The lowest BCUT2D eigenvalue weighted by Gasteiger charge is -2.04. The van der Waals surface area contributed by atoms with Crippen LogP contribution in [0.4, 0.5) is 5.69 Å². The maximum absolute atomic E-state index is 9.26. The zero-order chi connectivity index (χ0) is 14.3. The first kappa shape index (κ1) is 12.7. The first-order valence-electron chi connectivity index (χ1n) is 6.15. The molecule has 0 saturated carbocycles. The highest BCUT2D eigenvalue weighted by atomic mass is 31.0. The molecule has 0 aliphatic heterocycles. The molecule has 98 valence electrons. The average Bonchev–Trinajstić information content (AvgIpc) is 2.85. The average molecular weight is 280 g/mol. The van der Waals surface area contributed by atoms with Crippen LogP contribution in [-0.2, 0) is 0 Å². The fourth-order valence-corrected chi connectivity index (χ4v) is 2.57. The van der Waals surface area contributed by atoms with Gasteiger partial charge in [0.1, 0.15) is 6.07 Å². The van der Waals surface area contributed by atoms with Gasteiger partial charge in [-0.3, -0.25) is 4.98 Å². The lowest BCUT2D eigenvalue weighted by Crippen LogP contribution is -1.98. The van der Waals surface area contributed by atoms with Gasteiger partial charge in [0, 0.05) is 17.1 Å². The topological polar surface area (TPSA) is 78.5 Å². The van der Waals surface area contributed by atoms with Crippen LogP contribution in [0.2, 0.25) is 0 Å². The van der Waals surface area contributed by atoms with Gasteiger partial charge in [-0.1, -0.05) is 12.1 Å². The van der Waals surface area contributed by atoms with E-state index in [1.807, 2.05) is 37.4 Å². The molecule has 2 aromatic heterocycles. The van der Waals surface area contributed by atoms with Crippen LogP contribution in [0.5, 0.6) is 0 Å². The number of aromatic amines is 1. The van der Waals surface area contributed by atoms with E-state index in [0.717, 1.165) is 33.2 Å². The van der Waals surface area contributed by atoms with Gasteiger partial charge in [-0.2, -0.15) is 5.26 Å². The number of nitrogens with zero attached hydrogens (tertiary/aromatic N) is 2. The first-order chi connectivity index (χ1) is 9.61. The molecule has 0 aliphatic carbocycles. The molecule has 0 saturated heterocycles. The quantitative estimate of drug-likeness (QED) is 0.672. The molecule has 0 radical (unpaired) electrons. The van der Waals surface area contributed by atoms with Crippen molar-refractivity contribution in [2.24, 2.45) is 0 Å². The molecule has 0 bridgehead atoms. The number of nitrogens with one attached hydrogen (secondary N) is 1. The third kappa shape index (κ3) is 1.84. The van der Waals surface area contributed by atoms with E-state index in [9.17, 15) is 5.26 Å². The highest BCUT2D eigenvalue weighted by molar-refractivity contribution is 7.27. The van der Waals surface area contributed by atoms with Gasteiger partial charge in [-0.25, -0.2) is 0 Å². The Hall–Kier alpha value is -2.37. The molecule has 3 N–H and O–H groups in total. The Morgan fingerprint density at radius 3 is 2.80 bits per heavy atom. The second-order valence-electron chi connectivity index (χ2n) is 4.64. The fraction of sp³-hybridized carbons (Fsp3) is 0.0667. The van der Waals surface area contributed by atoms with Crippen molar-refractivity contribution in [3.63, 3.8) is 0 Å². The minimum atomic E-state index is 0.644. The predicted molar refractivity (Wildman–Crippen MR) is 84.7 cm³/mol. The van der Waals surface area contributed by atoms with Gasteiger partial charge < -0.3 is 10.7 Å². The van der Waals surface area contributed by atoms with Crippen molar-refractivity contribution >= 4 is 31.1 Å². The third-order valence-electron chi connectivity index (χ3n) is 3.40. The van der Waals surface area contributed by atoms with Crippen molar-refractivity contribution in [2.75, 3.05) is 5.73 Å². The second-order valence-corrected chi connectivity index (χ2v) is 5.26. The maximum Gasteiger partial charge on any atom is 0.102 e. The molecule has 0 fully saturated rings. The summed E-state index contributed by atoms with van der Waals surface area (Å²) in [5, 5.41) is 11.1. The highest BCUT2D eigenvalue weighted by Crippen LogP contribution is 2.29. The van der Waals surface area contributed by atoms with Crippen molar-refractivity contribution in [3.8, 4) is 17.3 Å². The van der Waals surface area contributed by atoms with Crippen LogP contribution >= 0.6 is 9.24 Å². The summed E-state index contributed by atoms with van der Waals surface area (Å²) in [5.41, 5.74) is 10.6. The number of nitrogen functional groups attached to an aromatic ring is 1. The number of nitrogens with two attached hydrogens (primary N) is 1. The zero-order valence-corrected chi connectivity index (χ0v) is 12.1. The molecule has 2 heterocycles. The van der Waals surface area contributed by atoms with Crippen molar-refractivity contribution < 1.29 is 0 Å². The Morgan fingerprint density at radius 2 is 2.10 bits per heavy atom. The SMILES string of the molecule is Cc1nc(-c2c[nH]c3c(C#N)c(P)ccc23)ccc1N. The number of H-pyrrole nitrogens is 1. The molecule has 4 nitrogen and oxygen atoms in total. The first-order valence-corrected chi connectivity index (χ1v) is 6.72. The lowest BCUT2D eigenvalue weighted by molar-refractivity contribution is 1.21. The van der Waals surface area contributed by atoms with Crippen LogP contribution in [-0.4, -0.2) is 9.97 Å². The molecule has 1 aromatic carbocycles. The highest BCUT2D eigenvalue weighted by Gasteiger charge is 2.12. The number of hydrogen-bond acceptors (Lipinski definition) is 3. The Kier molecular flexibility index (Phi) is 2.93. The van der Waals surface area contributed by atoms with Gasteiger partial charge in [-0.05, 0) is 24.4 Å². The summed E-state index contributed by atoms with van der Waals surface area (Å²) in [6.45, 7) is 1.88. The van der Waals surface area contributed by atoms with Crippen LogP contribution in [0.3, 0.4) is 0 Å². The van der Waals surface area contributed by atoms with E-state index in [1.165, 1.54) is 0 Å². The van der Waals surface area contributed by atoms with Crippen molar-refractivity contribution in [3.05, 3.63) is 41.7 Å². The van der Waals surface area contributed by atoms with Crippen molar-refractivity contribution in [1.29, 1.82) is 5.26 Å². The molecule has 0 aliphatic rings. The maximum atomic E-state index is 9.26. The van der Waals surface area contributed by atoms with E-state index in [0.29, 0.717) is 11.3 Å². The van der Waals surface area contributed by atoms with E-state index < -0.39 is 0 Å². The summed E-state index contributed by atoms with van der Waals surface area (Å²) >= 11 is 0. The fourth-order valence-electron chi connectivity index (χ4n) is 2.27. The van der Waals surface area contributed by atoms with Crippen molar-refractivity contribution in [2.45, 2.75) is 6.92 Å². The molecule has 0 spiro atoms. The van der Waals surface area contributed by atoms with E-state index in [1.54, 1.807) is 0 Å². The van der Waals surface area contributed by atoms with Gasteiger partial charge in [0.15, 0.2) is 0 Å². The summed E-state index contributed by atoms with van der Waals surface area (Å²) in [7, 11) is 2.58. The van der Waals surface area contributed by atoms with Crippen LogP contribution in [0.1, 0.15) is 11.3 Å². The minimum absolute atomic E-state index is 0.644. The molecule has 0 amide bonds. The zero-order valence-electron chi connectivity index (χ0n) is 10.9. The Morgan fingerprint density at radius 1 is 1.30 bits per heavy atom. The Balaban J connectivity index is 2.28. The molecule has 1 unspecified atom stereocenters. The molecule has 5 heteroatoms. The van der Waals surface area contributed by atoms with Gasteiger partial charge in [-0.15, -0.1) is 9.24 Å². The smallest absolute Gasteiger partial charge is 0.102 e. The molecule has 3 rings (SSSR count). The standard InChI is InChI=1S/C15H13N4P/c1-8-12(17)3-4-13(19-8)11-7-18-15-9(11)2-5-14(20)10(15)6-16/h2-5,7,18H,17,20H2,1H3.